The van der Waals surface area contributed by atoms with Crippen LogP contribution in [-0.4, -0.2) is 25.0 Å². The first kappa shape index (κ1) is 16.8. The molecule has 2 N–H and O–H groups in total. The number of ether oxygens (including phenoxy) is 1. The van der Waals surface area contributed by atoms with Gasteiger partial charge in [-0.3, -0.25) is 4.79 Å². The van der Waals surface area contributed by atoms with Gasteiger partial charge in [0.15, 0.2) is 5.13 Å². The van der Waals surface area contributed by atoms with Crippen molar-refractivity contribution in [2.45, 2.75) is 32.1 Å². The molecule has 6 heteroatoms. The van der Waals surface area contributed by atoms with E-state index in [9.17, 15) is 4.79 Å². The molecule has 3 rings (SSSR count). The fourth-order valence-electron chi connectivity index (χ4n) is 3.09. The summed E-state index contributed by atoms with van der Waals surface area (Å²) in [5.74, 6) is 0.883. The van der Waals surface area contributed by atoms with Crippen LogP contribution in [0, 0.1) is 5.92 Å². The van der Waals surface area contributed by atoms with Gasteiger partial charge in [-0.2, -0.15) is 0 Å². The zero-order chi connectivity index (χ0) is 16.9. The lowest BCUT2D eigenvalue weighted by Gasteiger charge is -2.21. The number of thiazole rings is 1. The Labute approximate surface area is 146 Å². The van der Waals surface area contributed by atoms with Crippen LogP contribution >= 0.6 is 11.3 Å². The number of methoxy groups -OCH3 is 1. The summed E-state index contributed by atoms with van der Waals surface area (Å²) in [6.07, 6.45) is 5.47. The summed E-state index contributed by atoms with van der Waals surface area (Å²) in [7, 11) is 3.47. The summed E-state index contributed by atoms with van der Waals surface area (Å²) in [4.78, 5) is 17.1. The molecule has 1 fully saturated rings. The molecule has 1 aromatic carbocycles. The van der Waals surface area contributed by atoms with E-state index in [1.165, 1.54) is 6.42 Å². The van der Waals surface area contributed by atoms with Gasteiger partial charge < -0.3 is 15.4 Å². The Balaban J connectivity index is 1.82. The van der Waals surface area contributed by atoms with Crippen LogP contribution in [0.5, 0.6) is 5.75 Å². The minimum absolute atomic E-state index is 0.0966. The highest BCUT2D eigenvalue weighted by molar-refractivity contribution is 7.14. The Morgan fingerprint density at radius 1 is 1.29 bits per heavy atom. The molecule has 0 spiro atoms. The van der Waals surface area contributed by atoms with Crippen LogP contribution in [0.1, 0.15) is 32.1 Å². The molecule has 1 aliphatic rings. The topological polar surface area (TPSA) is 63.3 Å². The molecule has 0 unspecified atom stereocenters. The van der Waals surface area contributed by atoms with Gasteiger partial charge in [-0.15, -0.1) is 11.3 Å². The van der Waals surface area contributed by atoms with Crippen LogP contribution in [0.25, 0.3) is 11.3 Å². The van der Waals surface area contributed by atoms with E-state index in [1.807, 2.05) is 30.6 Å². The fourth-order valence-corrected chi connectivity index (χ4v) is 3.77. The van der Waals surface area contributed by atoms with Gasteiger partial charge in [0, 0.05) is 23.9 Å². The number of nitrogens with zero attached hydrogens (tertiary/aromatic N) is 1. The van der Waals surface area contributed by atoms with Crippen molar-refractivity contribution >= 4 is 28.1 Å². The van der Waals surface area contributed by atoms with Crippen LogP contribution in [0.2, 0.25) is 0 Å². The molecule has 1 amide bonds. The summed E-state index contributed by atoms with van der Waals surface area (Å²) in [6, 6.07) is 5.78. The molecule has 1 aromatic heterocycles. The first-order chi connectivity index (χ1) is 11.7. The normalized spacial score (nSPS) is 15.1. The molecule has 1 heterocycles. The number of hydrogen-bond donors (Lipinski definition) is 2. The van der Waals surface area contributed by atoms with E-state index in [0.29, 0.717) is 11.4 Å². The molecule has 0 aliphatic heterocycles. The Hall–Kier alpha value is -2.08. The Bertz CT molecular complexity index is 708. The smallest absolute Gasteiger partial charge is 0.227 e. The summed E-state index contributed by atoms with van der Waals surface area (Å²) < 4.78 is 5.41. The third kappa shape index (κ3) is 3.70. The number of carbonyl (C=O) groups excluding carboxylic acids is 1. The number of rotatable bonds is 5. The molecule has 2 aromatic rings. The van der Waals surface area contributed by atoms with Crippen molar-refractivity contribution in [3.05, 3.63) is 23.6 Å². The third-order valence-corrected chi connectivity index (χ3v) is 5.31. The highest BCUT2D eigenvalue weighted by Crippen LogP contribution is 2.33. The fraction of sp³-hybridized carbons (Fsp3) is 0.444. The number of hydrogen-bond acceptors (Lipinski definition) is 5. The molecule has 0 radical (unpaired) electrons. The van der Waals surface area contributed by atoms with E-state index in [1.54, 1.807) is 18.4 Å². The minimum Gasteiger partial charge on any atom is -0.495 e. The molecular formula is C18H23N3O2S. The van der Waals surface area contributed by atoms with E-state index in [0.717, 1.165) is 42.1 Å². The third-order valence-electron chi connectivity index (χ3n) is 4.45. The second kappa shape index (κ2) is 7.66. The predicted molar refractivity (Wildman–Crippen MR) is 98.9 cm³/mol. The highest BCUT2D eigenvalue weighted by Gasteiger charge is 2.22. The summed E-state index contributed by atoms with van der Waals surface area (Å²) in [5, 5.41) is 8.97. The molecule has 1 saturated carbocycles. The number of anilines is 2. The molecule has 0 saturated heterocycles. The quantitative estimate of drug-likeness (QED) is 0.844. The molecule has 24 heavy (non-hydrogen) atoms. The standard InChI is InChI=1S/C18H23N3O2S/c1-19-18-21-15(11-24-18)13-8-9-16(23-2)14(10-13)20-17(22)12-6-4-3-5-7-12/h8-12H,3-7H2,1-2H3,(H,19,21)(H,20,22). The second-order valence-electron chi connectivity index (χ2n) is 6.03. The van der Waals surface area contributed by atoms with Crippen LogP contribution < -0.4 is 15.4 Å². The van der Waals surface area contributed by atoms with Gasteiger partial charge in [-0.05, 0) is 31.0 Å². The summed E-state index contributed by atoms with van der Waals surface area (Å²) >= 11 is 1.56. The van der Waals surface area contributed by atoms with Gasteiger partial charge >= 0.3 is 0 Å². The lowest BCUT2D eigenvalue weighted by molar-refractivity contribution is -0.120. The second-order valence-corrected chi connectivity index (χ2v) is 6.89. The van der Waals surface area contributed by atoms with Crippen LogP contribution in [-0.2, 0) is 4.79 Å². The SMILES string of the molecule is CNc1nc(-c2ccc(OC)c(NC(=O)C3CCCCC3)c2)cs1. The molecule has 0 atom stereocenters. The molecule has 5 nitrogen and oxygen atoms in total. The van der Waals surface area contributed by atoms with Gasteiger partial charge in [0.2, 0.25) is 5.91 Å². The maximum absolute atomic E-state index is 12.5. The molecule has 128 valence electrons. The number of amides is 1. The lowest BCUT2D eigenvalue weighted by Crippen LogP contribution is -2.24. The van der Waals surface area contributed by atoms with Gasteiger partial charge in [-0.25, -0.2) is 4.98 Å². The van der Waals surface area contributed by atoms with Crippen molar-refractivity contribution in [3.8, 4) is 17.0 Å². The van der Waals surface area contributed by atoms with Crippen molar-refractivity contribution in [3.63, 3.8) is 0 Å². The largest absolute Gasteiger partial charge is 0.495 e. The van der Waals surface area contributed by atoms with Crippen molar-refractivity contribution in [1.29, 1.82) is 0 Å². The first-order valence-corrected chi connectivity index (χ1v) is 9.22. The van der Waals surface area contributed by atoms with Crippen LogP contribution in [0.15, 0.2) is 23.6 Å². The molecule has 1 aliphatic carbocycles. The van der Waals surface area contributed by atoms with Crippen molar-refractivity contribution < 1.29 is 9.53 Å². The van der Waals surface area contributed by atoms with E-state index < -0.39 is 0 Å². The minimum atomic E-state index is 0.0966. The van der Waals surface area contributed by atoms with Crippen molar-refractivity contribution in [1.82, 2.24) is 4.98 Å². The number of benzene rings is 1. The average molecular weight is 345 g/mol. The zero-order valence-corrected chi connectivity index (χ0v) is 14.9. The number of aromatic nitrogens is 1. The van der Waals surface area contributed by atoms with Gasteiger partial charge in [0.25, 0.3) is 0 Å². The monoisotopic (exact) mass is 345 g/mol. The Kier molecular flexibility index (Phi) is 5.35. The van der Waals surface area contributed by atoms with Crippen LogP contribution in [0.4, 0.5) is 10.8 Å². The van der Waals surface area contributed by atoms with Gasteiger partial charge in [0.1, 0.15) is 5.75 Å². The molecular weight excluding hydrogens is 322 g/mol. The predicted octanol–water partition coefficient (Wildman–Crippen LogP) is 4.38. The summed E-state index contributed by atoms with van der Waals surface area (Å²) in [6.45, 7) is 0. The van der Waals surface area contributed by atoms with Gasteiger partial charge in [0.05, 0.1) is 18.5 Å². The lowest BCUT2D eigenvalue weighted by atomic mass is 9.88. The van der Waals surface area contributed by atoms with E-state index in [4.69, 9.17) is 4.74 Å². The number of nitrogens with one attached hydrogen (secondary N) is 2. The van der Waals surface area contributed by atoms with Crippen molar-refractivity contribution in [2.75, 3.05) is 24.8 Å². The zero-order valence-electron chi connectivity index (χ0n) is 14.1. The highest BCUT2D eigenvalue weighted by atomic mass is 32.1. The maximum Gasteiger partial charge on any atom is 0.227 e. The Morgan fingerprint density at radius 3 is 2.75 bits per heavy atom. The van der Waals surface area contributed by atoms with Crippen molar-refractivity contribution in [2.24, 2.45) is 5.92 Å². The van der Waals surface area contributed by atoms with E-state index in [2.05, 4.69) is 15.6 Å². The first-order valence-electron chi connectivity index (χ1n) is 8.34. The molecule has 0 bridgehead atoms. The van der Waals surface area contributed by atoms with Gasteiger partial charge in [-0.1, -0.05) is 19.3 Å². The summed E-state index contributed by atoms with van der Waals surface area (Å²) in [5.41, 5.74) is 2.57. The Morgan fingerprint density at radius 2 is 2.08 bits per heavy atom. The maximum atomic E-state index is 12.5. The average Bonchev–Trinajstić information content (AvgIpc) is 3.11. The van der Waals surface area contributed by atoms with E-state index >= 15 is 0 Å². The van der Waals surface area contributed by atoms with E-state index in [-0.39, 0.29) is 11.8 Å². The van der Waals surface area contributed by atoms with Crippen LogP contribution in [0.3, 0.4) is 0 Å². The number of carbonyl (C=O) groups is 1.